The van der Waals surface area contributed by atoms with Crippen LogP contribution in [0.1, 0.15) is 32.4 Å². The van der Waals surface area contributed by atoms with Crippen LogP contribution in [-0.2, 0) is 21.2 Å². The molecule has 0 bridgehead atoms. The Balaban J connectivity index is 1.92. The molecular weight excluding hydrogens is 310 g/mol. The molecule has 1 aromatic rings. The van der Waals surface area contributed by atoms with Crippen LogP contribution in [0.3, 0.4) is 0 Å². The number of hydrogen-bond acceptors (Lipinski definition) is 6. The summed E-state index contributed by atoms with van der Waals surface area (Å²) in [6, 6.07) is 0.00369. The Bertz CT molecular complexity index is 598. The molecule has 1 unspecified atom stereocenters. The van der Waals surface area contributed by atoms with Crippen LogP contribution >= 0.6 is 11.3 Å². The van der Waals surface area contributed by atoms with Crippen molar-refractivity contribution in [3.05, 3.63) is 11.1 Å². The van der Waals surface area contributed by atoms with E-state index in [4.69, 9.17) is 0 Å². The number of carbonyl (C=O) groups is 1. The molecule has 2 heterocycles. The Hall–Kier alpha value is -0.990. The highest BCUT2D eigenvalue weighted by Gasteiger charge is 2.24. The van der Waals surface area contributed by atoms with Crippen molar-refractivity contribution in [2.75, 3.05) is 23.0 Å². The van der Waals surface area contributed by atoms with Crippen molar-refractivity contribution in [2.45, 2.75) is 39.3 Å². The Labute approximate surface area is 129 Å². The van der Waals surface area contributed by atoms with E-state index in [1.807, 2.05) is 12.3 Å². The first-order valence-electron chi connectivity index (χ1n) is 7.07. The summed E-state index contributed by atoms with van der Waals surface area (Å²) in [5.41, 5.74) is 0.845. The first-order valence-corrected chi connectivity index (χ1v) is 9.77. The zero-order chi connectivity index (χ0) is 15.5. The molecule has 6 nitrogen and oxygen atoms in total. The summed E-state index contributed by atoms with van der Waals surface area (Å²) < 4.78 is 23.2. The smallest absolute Gasteiger partial charge is 0.225 e. The van der Waals surface area contributed by atoms with Crippen LogP contribution in [0.5, 0.6) is 0 Å². The van der Waals surface area contributed by atoms with E-state index in [-0.39, 0.29) is 17.7 Å². The number of aromatic nitrogens is 1. The zero-order valence-corrected chi connectivity index (χ0v) is 14.0. The van der Waals surface area contributed by atoms with Crippen molar-refractivity contribution in [1.82, 2.24) is 10.3 Å². The minimum atomic E-state index is -2.89. The third-order valence-electron chi connectivity index (χ3n) is 3.50. The predicted molar refractivity (Wildman–Crippen MR) is 84.3 cm³/mol. The molecule has 1 aliphatic rings. The van der Waals surface area contributed by atoms with E-state index in [0.717, 1.165) is 18.5 Å². The van der Waals surface area contributed by atoms with Gasteiger partial charge in [-0.15, -0.1) is 11.3 Å². The van der Waals surface area contributed by atoms with E-state index in [1.54, 1.807) is 4.90 Å². The number of hydrogen-bond donors (Lipinski definition) is 1. The van der Waals surface area contributed by atoms with Gasteiger partial charge in [0.25, 0.3) is 0 Å². The Morgan fingerprint density at radius 3 is 2.95 bits per heavy atom. The van der Waals surface area contributed by atoms with E-state index in [9.17, 15) is 13.2 Å². The van der Waals surface area contributed by atoms with E-state index in [0.29, 0.717) is 24.0 Å². The summed E-state index contributed by atoms with van der Waals surface area (Å²) in [4.78, 5) is 17.5. The fourth-order valence-corrected chi connectivity index (χ4v) is 5.03. The van der Waals surface area contributed by atoms with Gasteiger partial charge in [-0.3, -0.25) is 9.69 Å². The number of nitrogens with zero attached hydrogens (tertiary/aromatic N) is 2. The van der Waals surface area contributed by atoms with Crippen LogP contribution in [0.15, 0.2) is 5.38 Å². The lowest BCUT2D eigenvalue weighted by molar-refractivity contribution is -0.116. The summed E-state index contributed by atoms with van der Waals surface area (Å²) in [7, 11) is -2.89. The minimum Gasteiger partial charge on any atom is -0.307 e. The topological polar surface area (TPSA) is 79.4 Å². The maximum atomic E-state index is 11.6. The lowest BCUT2D eigenvalue weighted by Gasteiger charge is -2.22. The van der Waals surface area contributed by atoms with Gasteiger partial charge in [-0.05, 0) is 19.8 Å². The van der Waals surface area contributed by atoms with Crippen LogP contribution in [0.4, 0.5) is 5.13 Å². The average Bonchev–Trinajstić information content (AvgIpc) is 2.84. The fourth-order valence-electron chi connectivity index (χ4n) is 2.43. The maximum absolute atomic E-state index is 11.6. The van der Waals surface area contributed by atoms with Gasteiger partial charge >= 0.3 is 0 Å². The van der Waals surface area contributed by atoms with Crippen molar-refractivity contribution in [1.29, 1.82) is 0 Å². The van der Waals surface area contributed by atoms with Gasteiger partial charge in [-0.25, -0.2) is 13.4 Å². The summed E-state index contributed by atoms with van der Waals surface area (Å²) >= 11 is 1.43. The molecule has 1 amide bonds. The van der Waals surface area contributed by atoms with Crippen LogP contribution < -0.4 is 10.2 Å². The largest absolute Gasteiger partial charge is 0.307 e. The van der Waals surface area contributed by atoms with Gasteiger partial charge in [0.1, 0.15) is 0 Å². The van der Waals surface area contributed by atoms with E-state index < -0.39 is 9.84 Å². The third kappa shape index (κ3) is 4.49. The number of carbonyl (C=O) groups excluding carboxylic acids is 1. The van der Waals surface area contributed by atoms with Gasteiger partial charge in [0.05, 0.1) is 17.2 Å². The van der Waals surface area contributed by atoms with E-state index in [1.165, 1.54) is 18.3 Å². The van der Waals surface area contributed by atoms with Crippen molar-refractivity contribution >= 4 is 32.2 Å². The monoisotopic (exact) mass is 331 g/mol. The van der Waals surface area contributed by atoms with Crippen LogP contribution in [0.25, 0.3) is 0 Å². The molecule has 0 radical (unpaired) electrons. The van der Waals surface area contributed by atoms with Crippen LogP contribution in [0, 0.1) is 0 Å². The first kappa shape index (κ1) is 16.4. The van der Waals surface area contributed by atoms with Crippen molar-refractivity contribution in [3.63, 3.8) is 0 Å². The zero-order valence-electron chi connectivity index (χ0n) is 12.3. The average molecular weight is 331 g/mol. The number of thiazole rings is 1. The number of rotatable bonds is 5. The maximum Gasteiger partial charge on any atom is 0.225 e. The van der Waals surface area contributed by atoms with E-state index >= 15 is 0 Å². The second-order valence-corrected chi connectivity index (χ2v) is 8.28. The number of sulfone groups is 1. The Kier molecular flexibility index (Phi) is 5.34. The molecule has 0 aromatic carbocycles. The molecule has 1 N–H and O–H groups in total. The van der Waals surface area contributed by atoms with Crippen molar-refractivity contribution in [2.24, 2.45) is 0 Å². The molecule has 118 valence electrons. The summed E-state index contributed by atoms with van der Waals surface area (Å²) in [5.74, 6) is 0.485. The van der Waals surface area contributed by atoms with Crippen LogP contribution in [0.2, 0.25) is 0 Å². The molecule has 1 fully saturated rings. The highest BCUT2D eigenvalue weighted by atomic mass is 32.2. The molecule has 2 rings (SSSR count). The molecular formula is C13H21N3O3S2. The molecule has 1 aliphatic heterocycles. The van der Waals surface area contributed by atoms with Gasteiger partial charge in [-0.1, -0.05) is 0 Å². The van der Waals surface area contributed by atoms with Crippen molar-refractivity contribution in [3.8, 4) is 0 Å². The van der Waals surface area contributed by atoms with Gasteiger partial charge in [0, 0.05) is 31.4 Å². The SMILES string of the molecule is CCN(C(C)=O)c1nc(CNC2CCCS(=O)(=O)C2)cs1. The lowest BCUT2D eigenvalue weighted by Crippen LogP contribution is -2.39. The number of amides is 1. The highest BCUT2D eigenvalue weighted by molar-refractivity contribution is 7.91. The third-order valence-corrected chi connectivity index (χ3v) is 6.24. The molecule has 1 atom stereocenters. The molecule has 21 heavy (non-hydrogen) atoms. The van der Waals surface area contributed by atoms with Gasteiger partial charge in [0.2, 0.25) is 5.91 Å². The Morgan fingerprint density at radius 2 is 2.33 bits per heavy atom. The van der Waals surface area contributed by atoms with Gasteiger partial charge in [-0.2, -0.15) is 0 Å². The lowest BCUT2D eigenvalue weighted by atomic mass is 10.2. The Morgan fingerprint density at radius 1 is 1.57 bits per heavy atom. The van der Waals surface area contributed by atoms with Gasteiger partial charge < -0.3 is 5.32 Å². The highest BCUT2D eigenvalue weighted by Crippen LogP contribution is 2.21. The molecule has 8 heteroatoms. The normalized spacial score (nSPS) is 21.1. The molecule has 0 saturated carbocycles. The number of nitrogens with one attached hydrogen (secondary N) is 1. The second kappa shape index (κ2) is 6.85. The quantitative estimate of drug-likeness (QED) is 0.876. The molecule has 0 aliphatic carbocycles. The fraction of sp³-hybridized carbons (Fsp3) is 0.692. The summed E-state index contributed by atoms with van der Waals surface area (Å²) in [6.45, 7) is 4.56. The summed E-state index contributed by atoms with van der Waals surface area (Å²) in [5, 5.41) is 5.86. The second-order valence-electron chi connectivity index (χ2n) is 5.22. The summed E-state index contributed by atoms with van der Waals surface area (Å²) in [6.07, 6.45) is 1.60. The number of anilines is 1. The standard InChI is InChI=1S/C13H21N3O3S2/c1-3-16(10(2)17)13-15-12(8-20-13)7-14-11-5-4-6-21(18,19)9-11/h8,11,14H,3-7,9H2,1-2H3. The molecule has 1 aromatic heterocycles. The molecule has 0 spiro atoms. The minimum absolute atomic E-state index is 0.00369. The predicted octanol–water partition coefficient (Wildman–Crippen LogP) is 1.18. The van der Waals surface area contributed by atoms with Crippen molar-refractivity contribution < 1.29 is 13.2 Å². The first-order chi connectivity index (χ1) is 9.91. The molecule has 1 saturated heterocycles. The van der Waals surface area contributed by atoms with Crippen LogP contribution in [-0.4, -0.2) is 43.4 Å². The van der Waals surface area contributed by atoms with E-state index in [2.05, 4.69) is 10.3 Å². The van der Waals surface area contributed by atoms with Gasteiger partial charge in [0.15, 0.2) is 15.0 Å².